The summed E-state index contributed by atoms with van der Waals surface area (Å²) in [6.07, 6.45) is 10.7. The summed E-state index contributed by atoms with van der Waals surface area (Å²) >= 11 is 0. The topological polar surface area (TPSA) is 78.8 Å². The number of carbonyl (C=O) groups is 1. The third-order valence-electron chi connectivity index (χ3n) is 6.60. The van der Waals surface area contributed by atoms with E-state index >= 15 is 0 Å². The zero-order valence-electron chi connectivity index (χ0n) is 19.8. The number of amides is 1. The average molecular weight is 451 g/mol. The van der Waals surface area contributed by atoms with Gasteiger partial charge in [-0.05, 0) is 62.1 Å². The van der Waals surface area contributed by atoms with Gasteiger partial charge in [-0.25, -0.2) is 4.98 Å². The molecular formula is C26H34N4O3. The predicted molar refractivity (Wildman–Crippen MR) is 128 cm³/mol. The summed E-state index contributed by atoms with van der Waals surface area (Å²) < 4.78 is 6.41. The Bertz CT molecular complexity index is 994. The van der Waals surface area contributed by atoms with Crippen molar-refractivity contribution in [3.8, 4) is 5.88 Å². The number of aromatic nitrogens is 2. The molecule has 0 aromatic carbocycles. The van der Waals surface area contributed by atoms with Gasteiger partial charge in [-0.2, -0.15) is 0 Å². The van der Waals surface area contributed by atoms with E-state index in [0.717, 1.165) is 36.9 Å². The summed E-state index contributed by atoms with van der Waals surface area (Å²) in [7, 11) is 2.06. The first-order chi connectivity index (χ1) is 16.0. The van der Waals surface area contributed by atoms with Crippen molar-refractivity contribution in [1.82, 2.24) is 19.8 Å². The average Bonchev–Trinajstić information content (AvgIpc) is 3.36. The Balaban J connectivity index is 1.62. The van der Waals surface area contributed by atoms with E-state index in [1.165, 1.54) is 5.57 Å². The Labute approximate surface area is 196 Å². The first kappa shape index (κ1) is 23.4. The van der Waals surface area contributed by atoms with E-state index in [9.17, 15) is 9.90 Å². The van der Waals surface area contributed by atoms with Crippen molar-refractivity contribution < 1.29 is 14.6 Å². The fourth-order valence-corrected chi connectivity index (χ4v) is 4.60. The minimum absolute atomic E-state index is 0.0615. The second-order valence-electron chi connectivity index (χ2n) is 9.38. The summed E-state index contributed by atoms with van der Waals surface area (Å²) in [5.74, 6) is 0.309. The number of nitrogens with zero attached hydrogens (tertiary/aromatic N) is 4. The third kappa shape index (κ3) is 5.42. The van der Waals surface area contributed by atoms with Crippen LogP contribution in [0.4, 0.5) is 0 Å². The summed E-state index contributed by atoms with van der Waals surface area (Å²) in [5.41, 5.74) is 3.84. The lowest BCUT2D eigenvalue weighted by molar-refractivity contribution is 0.0325. The molecule has 4 rings (SSSR count). The molecule has 2 aliphatic rings. The fourth-order valence-electron chi connectivity index (χ4n) is 4.60. The number of likely N-dealkylation sites (N-methyl/N-ethyl adjacent to an activating group) is 1. The maximum atomic E-state index is 13.5. The van der Waals surface area contributed by atoms with Crippen molar-refractivity contribution in [2.24, 2.45) is 5.92 Å². The second kappa shape index (κ2) is 10.4. The van der Waals surface area contributed by atoms with Gasteiger partial charge in [0, 0.05) is 44.1 Å². The quantitative estimate of drug-likeness (QED) is 0.697. The number of rotatable bonds is 7. The number of aliphatic hydroxyl groups excluding tert-OH is 1. The van der Waals surface area contributed by atoms with Crippen LogP contribution in [0.3, 0.4) is 0 Å². The molecule has 2 aromatic rings. The molecule has 0 radical (unpaired) electrons. The molecule has 1 aliphatic heterocycles. The molecule has 0 spiro atoms. The van der Waals surface area contributed by atoms with Crippen molar-refractivity contribution in [2.45, 2.75) is 51.8 Å². The van der Waals surface area contributed by atoms with Crippen LogP contribution in [0, 0.1) is 5.92 Å². The van der Waals surface area contributed by atoms with Crippen LogP contribution in [-0.4, -0.2) is 69.7 Å². The van der Waals surface area contributed by atoms with E-state index in [0.29, 0.717) is 24.5 Å². The van der Waals surface area contributed by atoms with Gasteiger partial charge < -0.3 is 14.7 Å². The van der Waals surface area contributed by atoms with Crippen molar-refractivity contribution in [3.63, 3.8) is 0 Å². The second-order valence-corrected chi connectivity index (χ2v) is 9.38. The Kier molecular flexibility index (Phi) is 7.40. The van der Waals surface area contributed by atoms with Gasteiger partial charge in [-0.1, -0.05) is 19.1 Å². The number of pyridine rings is 2. The highest BCUT2D eigenvalue weighted by molar-refractivity contribution is 5.97. The molecule has 33 heavy (non-hydrogen) atoms. The Morgan fingerprint density at radius 2 is 2.21 bits per heavy atom. The van der Waals surface area contributed by atoms with Crippen LogP contribution in [0.25, 0.3) is 5.57 Å². The lowest BCUT2D eigenvalue weighted by Crippen LogP contribution is -2.49. The first-order valence-corrected chi connectivity index (χ1v) is 11.8. The Morgan fingerprint density at radius 3 is 2.91 bits per heavy atom. The van der Waals surface area contributed by atoms with Gasteiger partial charge in [0.2, 0.25) is 5.88 Å². The Morgan fingerprint density at radius 1 is 1.36 bits per heavy atom. The van der Waals surface area contributed by atoms with E-state index in [2.05, 4.69) is 41.0 Å². The van der Waals surface area contributed by atoms with Crippen LogP contribution in [-0.2, 0) is 6.54 Å². The van der Waals surface area contributed by atoms with Crippen molar-refractivity contribution in [3.05, 3.63) is 59.6 Å². The molecule has 0 bridgehead atoms. The molecule has 7 heteroatoms. The number of carbonyl (C=O) groups excluding carboxylic acids is 1. The van der Waals surface area contributed by atoms with E-state index in [-0.39, 0.29) is 30.6 Å². The largest absolute Gasteiger partial charge is 0.472 e. The minimum atomic E-state index is -0.283. The zero-order chi connectivity index (χ0) is 23.4. The van der Waals surface area contributed by atoms with Crippen LogP contribution in [0.1, 0.15) is 54.6 Å². The molecule has 3 heterocycles. The highest BCUT2D eigenvalue weighted by atomic mass is 16.5. The third-order valence-corrected chi connectivity index (χ3v) is 6.60. The SMILES string of the molecule is C[C@H](CO)N1C[C@H](C)[C@H](CN(C)Cc2cccnc2)Oc2ncc(C3=CCCC3)cc2C1=O. The van der Waals surface area contributed by atoms with Gasteiger partial charge in [0.15, 0.2) is 0 Å². The van der Waals surface area contributed by atoms with Crippen molar-refractivity contribution in [2.75, 3.05) is 26.7 Å². The lowest BCUT2D eigenvalue weighted by Gasteiger charge is -2.37. The first-order valence-electron chi connectivity index (χ1n) is 11.8. The molecule has 0 unspecified atom stereocenters. The number of fused-ring (bicyclic) bond motifs is 1. The van der Waals surface area contributed by atoms with E-state index < -0.39 is 0 Å². The van der Waals surface area contributed by atoms with Crippen molar-refractivity contribution in [1.29, 1.82) is 0 Å². The molecule has 176 valence electrons. The lowest BCUT2D eigenvalue weighted by atomic mass is 9.99. The highest BCUT2D eigenvalue weighted by Gasteiger charge is 2.34. The molecule has 0 saturated heterocycles. The molecule has 3 atom stereocenters. The van der Waals surface area contributed by atoms with Crippen molar-refractivity contribution >= 4 is 11.5 Å². The number of ether oxygens (including phenoxy) is 1. The van der Waals surface area contributed by atoms with Gasteiger partial charge in [0.05, 0.1) is 12.6 Å². The monoisotopic (exact) mass is 450 g/mol. The predicted octanol–water partition coefficient (Wildman–Crippen LogP) is 3.40. The molecule has 2 aromatic heterocycles. The van der Waals surface area contributed by atoms with Gasteiger partial charge >= 0.3 is 0 Å². The number of allylic oxidation sites excluding steroid dienone is 2. The molecule has 0 saturated carbocycles. The van der Waals surface area contributed by atoms with Gasteiger partial charge in [0.25, 0.3) is 5.91 Å². The molecule has 1 amide bonds. The highest BCUT2D eigenvalue weighted by Crippen LogP contribution is 2.32. The smallest absolute Gasteiger partial charge is 0.259 e. The van der Waals surface area contributed by atoms with Gasteiger partial charge in [-0.3, -0.25) is 14.7 Å². The number of hydrogen-bond acceptors (Lipinski definition) is 6. The van der Waals surface area contributed by atoms with E-state index in [1.807, 2.05) is 31.5 Å². The van der Waals surface area contributed by atoms with Crippen LogP contribution < -0.4 is 4.74 Å². The maximum absolute atomic E-state index is 13.5. The van der Waals surface area contributed by atoms with Crippen LogP contribution in [0.15, 0.2) is 42.9 Å². The molecule has 7 nitrogen and oxygen atoms in total. The number of hydrogen-bond donors (Lipinski definition) is 1. The van der Waals surface area contributed by atoms with Crippen LogP contribution in [0.2, 0.25) is 0 Å². The number of aliphatic hydroxyl groups is 1. The molecule has 1 aliphatic carbocycles. The molecule has 0 fully saturated rings. The van der Waals surface area contributed by atoms with Crippen LogP contribution >= 0.6 is 0 Å². The summed E-state index contributed by atoms with van der Waals surface area (Å²) in [5, 5.41) is 9.84. The van der Waals surface area contributed by atoms with Gasteiger partial charge in [-0.15, -0.1) is 0 Å². The summed E-state index contributed by atoms with van der Waals surface area (Å²) in [4.78, 5) is 26.3. The van der Waals surface area contributed by atoms with E-state index in [1.54, 1.807) is 11.1 Å². The van der Waals surface area contributed by atoms with Gasteiger partial charge in [0.1, 0.15) is 11.7 Å². The Hall–Kier alpha value is -2.77. The van der Waals surface area contributed by atoms with E-state index in [4.69, 9.17) is 4.74 Å². The fraction of sp³-hybridized carbons (Fsp3) is 0.500. The molecular weight excluding hydrogens is 416 g/mol. The maximum Gasteiger partial charge on any atom is 0.259 e. The summed E-state index contributed by atoms with van der Waals surface area (Å²) in [6.45, 7) is 5.84. The minimum Gasteiger partial charge on any atom is -0.472 e. The standard InChI is InChI=1S/C26H34N4O3/c1-18-14-30(19(2)17-31)26(32)23-11-22(21-8-4-5-9-21)13-28-25(23)33-24(18)16-29(3)15-20-7-6-10-27-12-20/h6-8,10-13,18-19,24,31H,4-5,9,14-17H2,1-3H3/t18-,19+,24-/m0/s1. The van der Waals surface area contributed by atoms with Crippen LogP contribution in [0.5, 0.6) is 5.88 Å². The normalized spacial score (nSPS) is 21.8. The molecule has 1 N–H and O–H groups in total. The zero-order valence-corrected chi connectivity index (χ0v) is 19.8. The summed E-state index contributed by atoms with van der Waals surface area (Å²) in [6, 6.07) is 5.64.